The van der Waals surface area contributed by atoms with Gasteiger partial charge in [0.2, 0.25) is 0 Å². The van der Waals surface area contributed by atoms with Gasteiger partial charge >= 0.3 is 0 Å². The molecule has 26 heavy (non-hydrogen) atoms. The Morgan fingerprint density at radius 2 is 2.00 bits per heavy atom. The highest BCUT2D eigenvalue weighted by atomic mass is 35.5. The van der Waals surface area contributed by atoms with E-state index in [0.717, 1.165) is 6.07 Å². The van der Waals surface area contributed by atoms with Crippen LogP contribution in [-0.2, 0) is 4.79 Å². The number of halogens is 2. The number of ether oxygens (including phenoxy) is 1. The normalized spacial score (nSPS) is 25.6. The van der Waals surface area contributed by atoms with E-state index in [1.807, 2.05) is 0 Å². The van der Waals surface area contributed by atoms with Crippen LogP contribution in [0.1, 0.15) is 29.8 Å². The van der Waals surface area contributed by atoms with Gasteiger partial charge in [-0.15, -0.1) is 0 Å². The van der Waals surface area contributed by atoms with Gasteiger partial charge in [-0.3, -0.25) is 9.59 Å². The van der Waals surface area contributed by atoms with Gasteiger partial charge < -0.3 is 19.8 Å². The largest absolute Gasteiger partial charge is 0.484 e. The third-order valence-electron chi connectivity index (χ3n) is 4.74. The third kappa shape index (κ3) is 3.01. The van der Waals surface area contributed by atoms with E-state index in [1.165, 1.54) is 24.8 Å². The second-order valence-corrected chi connectivity index (χ2v) is 7.24. The Hall–Kier alpha value is -2.61. The first-order chi connectivity index (χ1) is 12.4. The number of hydrogen-bond acceptors (Lipinski definition) is 5. The van der Waals surface area contributed by atoms with Crippen LogP contribution < -0.4 is 15.4 Å². The first kappa shape index (κ1) is 16.8. The fourth-order valence-corrected chi connectivity index (χ4v) is 3.85. The molecule has 2 N–H and O–H groups in total. The lowest BCUT2D eigenvalue weighted by atomic mass is 9.44. The van der Waals surface area contributed by atoms with Crippen molar-refractivity contribution < 1.29 is 23.1 Å². The molecule has 5 rings (SSSR count). The van der Waals surface area contributed by atoms with Crippen LogP contribution in [0.3, 0.4) is 0 Å². The molecule has 3 saturated carbocycles. The van der Waals surface area contributed by atoms with E-state index in [2.05, 4.69) is 15.6 Å². The number of carbonyl (C=O) groups is 2. The molecule has 2 amide bonds. The van der Waals surface area contributed by atoms with Crippen molar-refractivity contribution in [1.29, 1.82) is 0 Å². The summed E-state index contributed by atoms with van der Waals surface area (Å²) in [6.45, 7) is -0.221. The van der Waals surface area contributed by atoms with Gasteiger partial charge in [-0.25, -0.2) is 9.37 Å². The predicted molar refractivity (Wildman–Crippen MR) is 88.3 cm³/mol. The Morgan fingerprint density at radius 3 is 2.65 bits per heavy atom. The summed E-state index contributed by atoms with van der Waals surface area (Å²) in [4.78, 5) is 27.9. The van der Waals surface area contributed by atoms with Crippen molar-refractivity contribution in [2.75, 3.05) is 6.61 Å². The zero-order chi connectivity index (χ0) is 18.4. The molecule has 0 unspecified atom stereocenters. The van der Waals surface area contributed by atoms with Crippen LogP contribution in [0.5, 0.6) is 5.75 Å². The Morgan fingerprint density at radius 1 is 1.27 bits per heavy atom. The molecule has 9 heteroatoms. The summed E-state index contributed by atoms with van der Waals surface area (Å²) in [5, 5.41) is 5.84. The molecular weight excluding hydrogens is 365 g/mol. The molecule has 1 aromatic heterocycles. The minimum Gasteiger partial charge on any atom is -0.484 e. The van der Waals surface area contributed by atoms with Gasteiger partial charge in [-0.05, 0) is 31.4 Å². The molecule has 1 heterocycles. The van der Waals surface area contributed by atoms with E-state index in [9.17, 15) is 14.0 Å². The van der Waals surface area contributed by atoms with Crippen molar-refractivity contribution in [2.45, 2.75) is 30.3 Å². The Balaban J connectivity index is 1.23. The van der Waals surface area contributed by atoms with Crippen LogP contribution >= 0.6 is 11.6 Å². The first-order valence-electron chi connectivity index (χ1n) is 7.98. The summed E-state index contributed by atoms with van der Waals surface area (Å²) < 4.78 is 23.4. The highest BCUT2D eigenvalue weighted by Crippen LogP contribution is 2.60. The summed E-state index contributed by atoms with van der Waals surface area (Å²) in [6, 6.07) is 3.99. The number of oxazole rings is 1. The van der Waals surface area contributed by atoms with E-state index in [-0.39, 0.29) is 46.0 Å². The van der Waals surface area contributed by atoms with Gasteiger partial charge in [-0.2, -0.15) is 0 Å². The second-order valence-electron chi connectivity index (χ2n) is 6.83. The Bertz CT molecular complexity index is 851. The van der Waals surface area contributed by atoms with Crippen molar-refractivity contribution in [3.8, 4) is 5.75 Å². The van der Waals surface area contributed by atoms with Crippen LogP contribution in [-0.4, -0.2) is 34.5 Å². The highest BCUT2D eigenvalue weighted by Gasteiger charge is 2.69. The van der Waals surface area contributed by atoms with Gasteiger partial charge in [0.05, 0.1) is 5.02 Å². The molecule has 0 spiro atoms. The van der Waals surface area contributed by atoms with Crippen LogP contribution in [0.2, 0.25) is 5.02 Å². The van der Waals surface area contributed by atoms with E-state index < -0.39 is 5.82 Å². The number of amides is 2. The van der Waals surface area contributed by atoms with E-state index in [4.69, 9.17) is 20.8 Å². The number of nitrogens with one attached hydrogen (secondary N) is 2. The SMILES string of the molecule is O=C(COc1ccc(Cl)c(F)c1)NC12CC(NC(=O)c3cocn3)(C1)C2. The van der Waals surface area contributed by atoms with Crippen molar-refractivity contribution in [3.63, 3.8) is 0 Å². The Kier molecular flexibility index (Phi) is 3.87. The molecule has 1 aromatic carbocycles. The lowest BCUT2D eigenvalue weighted by Crippen LogP contribution is -2.84. The average molecular weight is 380 g/mol. The molecule has 2 bridgehead atoms. The van der Waals surface area contributed by atoms with Gasteiger partial charge in [0.25, 0.3) is 11.8 Å². The van der Waals surface area contributed by atoms with Crippen LogP contribution in [0.4, 0.5) is 4.39 Å². The fourth-order valence-electron chi connectivity index (χ4n) is 3.73. The van der Waals surface area contributed by atoms with Crippen molar-refractivity contribution >= 4 is 23.4 Å². The standard InChI is InChI=1S/C17H15ClFN3O4/c18-11-2-1-10(3-12(11)19)26-5-14(23)21-16-6-17(7-16,8-16)22-15(24)13-4-25-9-20-13/h1-4,9H,5-8H2,(H,21,23)(H,22,24). The van der Waals surface area contributed by atoms with Crippen LogP contribution in [0.25, 0.3) is 0 Å². The van der Waals surface area contributed by atoms with Gasteiger partial charge in [0.15, 0.2) is 18.7 Å². The summed E-state index contributed by atoms with van der Waals surface area (Å²) >= 11 is 5.59. The number of benzene rings is 1. The molecular formula is C17H15ClFN3O4. The van der Waals surface area contributed by atoms with Crippen molar-refractivity contribution in [1.82, 2.24) is 15.6 Å². The maximum absolute atomic E-state index is 13.3. The van der Waals surface area contributed by atoms with Crippen LogP contribution in [0, 0.1) is 5.82 Å². The summed E-state index contributed by atoms with van der Waals surface area (Å²) in [5.74, 6) is -0.951. The minimum absolute atomic E-state index is 0.00589. The maximum atomic E-state index is 13.3. The quantitative estimate of drug-likeness (QED) is 0.801. The number of nitrogens with zero attached hydrogens (tertiary/aromatic N) is 1. The van der Waals surface area contributed by atoms with Gasteiger partial charge in [-0.1, -0.05) is 11.6 Å². The monoisotopic (exact) mass is 379 g/mol. The fraction of sp³-hybridized carbons (Fsp3) is 0.353. The summed E-state index contributed by atoms with van der Waals surface area (Å²) in [5.41, 5.74) is -0.358. The Labute approximate surface area is 152 Å². The topological polar surface area (TPSA) is 93.5 Å². The molecule has 0 atom stereocenters. The minimum atomic E-state index is -0.603. The van der Waals surface area contributed by atoms with Crippen molar-refractivity contribution in [2.24, 2.45) is 0 Å². The predicted octanol–water partition coefficient (Wildman–Crippen LogP) is 2.07. The molecule has 136 valence electrons. The number of carbonyl (C=O) groups excluding carboxylic acids is 2. The molecule has 0 radical (unpaired) electrons. The lowest BCUT2D eigenvalue weighted by molar-refractivity contribution is -0.141. The second kappa shape index (κ2) is 5.98. The average Bonchev–Trinajstić information content (AvgIpc) is 3.07. The van der Waals surface area contributed by atoms with E-state index in [0.29, 0.717) is 19.3 Å². The van der Waals surface area contributed by atoms with E-state index >= 15 is 0 Å². The zero-order valence-electron chi connectivity index (χ0n) is 13.6. The number of aromatic nitrogens is 1. The molecule has 3 aliphatic rings. The smallest absolute Gasteiger partial charge is 0.273 e. The third-order valence-corrected chi connectivity index (χ3v) is 5.05. The number of rotatable bonds is 6. The molecule has 0 aliphatic heterocycles. The van der Waals surface area contributed by atoms with Crippen LogP contribution in [0.15, 0.2) is 35.3 Å². The highest BCUT2D eigenvalue weighted by molar-refractivity contribution is 6.30. The summed E-state index contributed by atoms with van der Waals surface area (Å²) in [7, 11) is 0. The molecule has 2 aromatic rings. The van der Waals surface area contributed by atoms with Gasteiger partial charge in [0, 0.05) is 17.1 Å². The maximum Gasteiger partial charge on any atom is 0.273 e. The number of hydrogen-bond donors (Lipinski definition) is 2. The molecule has 3 aliphatic carbocycles. The first-order valence-corrected chi connectivity index (χ1v) is 8.36. The molecule has 7 nitrogen and oxygen atoms in total. The van der Waals surface area contributed by atoms with Gasteiger partial charge in [0.1, 0.15) is 17.8 Å². The van der Waals surface area contributed by atoms with Crippen molar-refractivity contribution in [3.05, 3.63) is 47.4 Å². The lowest BCUT2D eigenvalue weighted by Gasteiger charge is -2.70. The molecule has 3 fully saturated rings. The van der Waals surface area contributed by atoms with E-state index in [1.54, 1.807) is 0 Å². The molecule has 0 saturated heterocycles. The zero-order valence-corrected chi connectivity index (χ0v) is 14.3. The summed E-state index contributed by atoms with van der Waals surface area (Å²) in [6.07, 6.45) is 4.46.